The van der Waals surface area contributed by atoms with Gasteiger partial charge in [-0.3, -0.25) is 14.6 Å². The zero-order valence-corrected chi connectivity index (χ0v) is 27.1. The van der Waals surface area contributed by atoms with Crippen LogP contribution < -0.4 is 21.3 Å². The maximum atomic E-state index is 13.8. The van der Waals surface area contributed by atoms with Crippen LogP contribution in [-0.2, 0) is 27.4 Å². The minimum absolute atomic E-state index is 0.133. The molecule has 0 aliphatic carbocycles. The normalized spacial score (nSPS) is 14.8. The van der Waals surface area contributed by atoms with Crippen molar-refractivity contribution in [1.82, 2.24) is 31.2 Å². The van der Waals surface area contributed by atoms with Crippen LogP contribution in [0.25, 0.3) is 0 Å². The first-order chi connectivity index (χ1) is 22.4. The molecule has 4 N–H and O–H groups in total. The maximum Gasteiger partial charge on any atom is 0.407 e. The highest BCUT2D eigenvalue weighted by Crippen LogP contribution is 2.21. The number of urea groups is 1. The third-order valence-electron chi connectivity index (χ3n) is 7.86. The second-order valence-corrected chi connectivity index (χ2v) is 12.4. The molecule has 1 fully saturated rings. The van der Waals surface area contributed by atoms with E-state index in [-0.39, 0.29) is 49.5 Å². The fourth-order valence-electron chi connectivity index (χ4n) is 5.43. The van der Waals surface area contributed by atoms with Crippen molar-refractivity contribution in [1.29, 1.82) is 0 Å². The highest BCUT2D eigenvalue weighted by Gasteiger charge is 2.27. The van der Waals surface area contributed by atoms with E-state index < -0.39 is 12.1 Å². The number of ether oxygens (including phenoxy) is 1. The van der Waals surface area contributed by atoms with Crippen molar-refractivity contribution < 1.29 is 23.9 Å². The Labute approximate surface area is 274 Å². The average molecular weight is 649 g/mol. The Balaban J connectivity index is 1.46. The molecule has 1 saturated heterocycles. The van der Waals surface area contributed by atoms with Crippen LogP contribution in [0.15, 0.2) is 72.4 Å². The van der Waals surface area contributed by atoms with Gasteiger partial charge in [-0.2, -0.15) is 0 Å². The first-order valence-corrected chi connectivity index (χ1v) is 16.7. The van der Waals surface area contributed by atoms with Crippen molar-refractivity contribution in [3.8, 4) is 0 Å². The molecule has 3 unspecified atom stereocenters. The van der Waals surface area contributed by atoms with Crippen LogP contribution in [0, 0.1) is 0 Å². The van der Waals surface area contributed by atoms with Crippen LogP contribution >= 0.6 is 11.3 Å². The van der Waals surface area contributed by atoms with Gasteiger partial charge in [0.05, 0.1) is 16.4 Å². The molecule has 3 atom stereocenters. The minimum atomic E-state index is -0.829. The van der Waals surface area contributed by atoms with Crippen LogP contribution in [0.1, 0.15) is 67.5 Å². The van der Waals surface area contributed by atoms with E-state index in [9.17, 15) is 19.2 Å². The fourth-order valence-corrected chi connectivity index (χ4v) is 5.94. The number of amides is 5. The van der Waals surface area contributed by atoms with Gasteiger partial charge in [0.15, 0.2) is 0 Å². The van der Waals surface area contributed by atoms with Crippen LogP contribution in [0.4, 0.5) is 9.59 Å². The summed E-state index contributed by atoms with van der Waals surface area (Å²) >= 11 is 1.42. The number of piperidine rings is 1. The molecule has 1 aliphatic heterocycles. The molecule has 1 aliphatic rings. The van der Waals surface area contributed by atoms with Gasteiger partial charge in [-0.1, -0.05) is 60.7 Å². The molecular weight excluding hydrogens is 604 g/mol. The molecule has 2 heterocycles. The number of alkyl carbamates (subject to hydrolysis) is 1. The lowest BCUT2D eigenvalue weighted by atomic mass is 9.95. The minimum Gasteiger partial charge on any atom is -0.444 e. The molecular formula is C34H44N6O5S. The number of hydrogen-bond donors (Lipinski definition) is 4. The maximum absolute atomic E-state index is 13.8. The van der Waals surface area contributed by atoms with Gasteiger partial charge >= 0.3 is 12.1 Å². The van der Waals surface area contributed by atoms with Gasteiger partial charge in [-0.05, 0) is 56.1 Å². The first kappa shape index (κ1) is 34.4. The van der Waals surface area contributed by atoms with Crippen LogP contribution in [-0.4, -0.2) is 65.5 Å². The zero-order valence-electron chi connectivity index (χ0n) is 26.3. The van der Waals surface area contributed by atoms with Crippen molar-refractivity contribution in [3.05, 3.63) is 88.4 Å². The lowest BCUT2D eigenvalue weighted by Crippen LogP contribution is -2.54. The van der Waals surface area contributed by atoms with E-state index in [1.54, 1.807) is 16.6 Å². The first-order valence-electron chi connectivity index (χ1n) is 15.9. The summed E-state index contributed by atoms with van der Waals surface area (Å²) in [6.45, 7) is 3.12. The third-order valence-corrected chi connectivity index (χ3v) is 8.62. The molecule has 5 amide bonds. The van der Waals surface area contributed by atoms with E-state index in [0.717, 1.165) is 35.3 Å². The molecule has 0 bridgehead atoms. The summed E-state index contributed by atoms with van der Waals surface area (Å²) in [5.74, 6) is -0.515. The average Bonchev–Trinajstić information content (AvgIpc) is 3.60. The predicted molar refractivity (Wildman–Crippen MR) is 177 cm³/mol. The largest absolute Gasteiger partial charge is 0.444 e. The van der Waals surface area contributed by atoms with Crippen molar-refractivity contribution in [3.63, 3.8) is 0 Å². The lowest BCUT2D eigenvalue weighted by Gasteiger charge is -2.30. The van der Waals surface area contributed by atoms with E-state index in [1.165, 1.54) is 18.3 Å². The van der Waals surface area contributed by atoms with Crippen molar-refractivity contribution >= 4 is 35.3 Å². The molecule has 0 radical (unpaired) electrons. The van der Waals surface area contributed by atoms with Gasteiger partial charge in [-0.15, -0.1) is 11.3 Å². The van der Waals surface area contributed by atoms with Crippen LogP contribution in [0.2, 0.25) is 0 Å². The topological polar surface area (TPSA) is 142 Å². The van der Waals surface area contributed by atoms with E-state index in [0.29, 0.717) is 32.4 Å². The fraction of sp³-hybridized carbons (Fsp3) is 0.441. The monoisotopic (exact) mass is 648 g/mol. The number of carbonyl (C=O) groups excluding carboxylic acids is 4. The third kappa shape index (κ3) is 11.8. The number of carbonyl (C=O) groups is 4. The molecule has 2 aromatic carbocycles. The highest BCUT2D eigenvalue weighted by atomic mass is 32.1. The van der Waals surface area contributed by atoms with Crippen LogP contribution in [0.3, 0.4) is 0 Å². The van der Waals surface area contributed by atoms with Crippen LogP contribution in [0.5, 0.6) is 0 Å². The summed E-state index contributed by atoms with van der Waals surface area (Å²) in [7, 11) is 0. The molecule has 246 valence electrons. The second-order valence-electron chi connectivity index (χ2n) is 11.4. The second kappa shape index (κ2) is 18.5. The zero-order chi connectivity index (χ0) is 32.6. The Kier molecular flexibility index (Phi) is 13.8. The Hall–Kier alpha value is -4.45. The number of thiazole rings is 1. The quantitative estimate of drug-likeness (QED) is 0.188. The van der Waals surface area contributed by atoms with E-state index >= 15 is 0 Å². The van der Waals surface area contributed by atoms with E-state index in [2.05, 4.69) is 26.3 Å². The lowest BCUT2D eigenvalue weighted by molar-refractivity contribution is -0.124. The van der Waals surface area contributed by atoms with E-state index in [4.69, 9.17) is 4.74 Å². The summed E-state index contributed by atoms with van der Waals surface area (Å²) in [5.41, 5.74) is 3.66. The molecule has 0 saturated carbocycles. The molecule has 0 spiro atoms. The summed E-state index contributed by atoms with van der Waals surface area (Å²) < 4.78 is 5.45. The predicted octanol–water partition coefficient (Wildman–Crippen LogP) is 4.71. The summed E-state index contributed by atoms with van der Waals surface area (Å²) in [5, 5.41) is 11.8. The number of benzene rings is 2. The van der Waals surface area contributed by atoms with Crippen molar-refractivity contribution in [2.75, 3.05) is 19.6 Å². The number of nitrogens with zero attached hydrogens (tertiary/aromatic N) is 2. The summed E-state index contributed by atoms with van der Waals surface area (Å²) in [4.78, 5) is 57.8. The number of nitrogens with one attached hydrogen (secondary N) is 4. The van der Waals surface area contributed by atoms with Gasteiger partial charge in [0.2, 0.25) is 11.8 Å². The van der Waals surface area contributed by atoms with Gasteiger partial charge < -0.3 is 30.9 Å². The standard InChI is InChI=1S/C34H44N6O5S/c1-25(41)36-18-17-31(38-33(43)40-19-9-4-10-20-40)32(42)37-28(21-26-11-5-2-6-12-26)15-16-30(27-13-7-3-8-14-27)39-34(44)45-23-29-22-35-24-46-29/h2-3,5-8,11-14,22,24,28,30-31H,4,9-10,15-21,23H2,1H3,(H,36,41)(H,37,42)(H,38,43)(H,39,44). The van der Waals surface area contributed by atoms with Gasteiger partial charge in [0, 0.05) is 38.8 Å². The molecule has 12 heteroatoms. The summed E-state index contributed by atoms with van der Waals surface area (Å²) in [6.07, 6.45) is 5.95. The Bertz CT molecular complexity index is 1370. The number of likely N-dealkylation sites (tertiary alicyclic amines) is 1. The smallest absolute Gasteiger partial charge is 0.407 e. The van der Waals surface area contributed by atoms with Gasteiger partial charge in [0.25, 0.3) is 0 Å². The van der Waals surface area contributed by atoms with Crippen molar-refractivity contribution in [2.24, 2.45) is 0 Å². The summed E-state index contributed by atoms with van der Waals surface area (Å²) in [6, 6.07) is 17.8. The number of aromatic nitrogens is 1. The van der Waals surface area contributed by atoms with Gasteiger partial charge in [-0.25, -0.2) is 9.59 Å². The molecule has 46 heavy (non-hydrogen) atoms. The Morgan fingerprint density at radius 3 is 2.28 bits per heavy atom. The number of rotatable bonds is 15. The number of hydrogen-bond acceptors (Lipinski definition) is 7. The molecule has 3 aromatic rings. The van der Waals surface area contributed by atoms with Crippen molar-refractivity contribution in [2.45, 2.75) is 76.6 Å². The SMILES string of the molecule is CC(=O)NCCC(NC(=O)N1CCCCC1)C(=O)NC(CCC(NC(=O)OCc1cncs1)c1ccccc1)Cc1ccccc1. The van der Waals surface area contributed by atoms with E-state index in [1.807, 2.05) is 60.7 Å². The molecule has 1 aromatic heterocycles. The Morgan fingerprint density at radius 1 is 0.891 bits per heavy atom. The molecule has 11 nitrogen and oxygen atoms in total. The van der Waals surface area contributed by atoms with Gasteiger partial charge in [0.1, 0.15) is 12.6 Å². The Morgan fingerprint density at radius 2 is 1.61 bits per heavy atom. The highest BCUT2D eigenvalue weighted by molar-refractivity contribution is 7.09. The molecule has 4 rings (SSSR count).